The van der Waals surface area contributed by atoms with Gasteiger partial charge in [-0.25, -0.2) is 9.69 Å². The molecule has 1 N–H and O–H groups in total. The third-order valence-corrected chi connectivity index (χ3v) is 3.91. The molecule has 3 amide bonds. The van der Waals surface area contributed by atoms with E-state index in [1.165, 1.54) is 0 Å². The Kier molecular flexibility index (Phi) is 4.34. The maximum atomic E-state index is 11.8. The Labute approximate surface area is 151 Å². The van der Waals surface area contributed by atoms with Gasteiger partial charge in [-0.2, -0.15) is 10.2 Å². The number of anilines is 1. The maximum absolute atomic E-state index is 11.8. The topological polar surface area (TPSA) is 95.3 Å². The Morgan fingerprint density at radius 2 is 2.00 bits per heavy atom. The fraction of sp³-hybridized carbons (Fsp3) is 0.263. The summed E-state index contributed by atoms with van der Waals surface area (Å²) in [6, 6.07) is 11.7. The molecule has 0 radical (unpaired) electrons. The number of benzene rings is 1. The van der Waals surface area contributed by atoms with E-state index in [1.807, 2.05) is 20.8 Å². The summed E-state index contributed by atoms with van der Waals surface area (Å²) in [6.45, 7) is 6.02. The number of hydrogen-bond acceptors (Lipinski definition) is 5. The molecule has 0 atom stereocenters. The van der Waals surface area contributed by atoms with Crippen molar-refractivity contribution in [2.75, 3.05) is 11.4 Å². The van der Waals surface area contributed by atoms with Crippen LogP contribution in [0.2, 0.25) is 0 Å². The number of nitriles is 1. The molecule has 7 heteroatoms. The van der Waals surface area contributed by atoms with Gasteiger partial charge in [0.2, 0.25) is 5.88 Å². The second-order valence-corrected chi connectivity index (χ2v) is 6.90. The lowest BCUT2D eigenvalue weighted by Gasteiger charge is -2.23. The Balaban J connectivity index is 1.95. The fourth-order valence-corrected chi connectivity index (χ4v) is 2.63. The second-order valence-electron chi connectivity index (χ2n) is 6.90. The van der Waals surface area contributed by atoms with Gasteiger partial charge in [0, 0.05) is 11.6 Å². The standard InChI is InChI=1S/C19H18N4O3/c1-19(2,3)13-9-12(10-20)7-8-14(13)26-16-6-4-5-15(22-16)23-17(24)11-21-18(23)25/h4-9H,11H2,1-3H3,(H,21,25). The summed E-state index contributed by atoms with van der Waals surface area (Å²) in [5, 5.41) is 11.6. The average Bonchev–Trinajstić information content (AvgIpc) is 2.93. The van der Waals surface area contributed by atoms with Crippen LogP contribution < -0.4 is 15.0 Å². The zero-order valence-corrected chi connectivity index (χ0v) is 14.7. The van der Waals surface area contributed by atoms with Crippen LogP contribution in [0.25, 0.3) is 0 Å². The van der Waals surface area contributed by atoms with Gasteiger partial charge in [0.25, 0.3) is 5.91 Å². The average molecular weight is 350 g/mol. The van der Waals surface area contributed by atoms with Crippen LogP contribution in [0.3, 0.4) is 0 Å². The molecule has 2 aromatic rings. The van der Waals surface area contributed by atoms with Gasteiger partial charge in [0.05, 0.1) is 18.2 Å². The van der Waals surface area contributed by atoms with Gasteiger partial charge >= 0.3 is 6.03 Å². The Morgan fingerprint density at radius 1 is 1.23 bits per heavy atom. The molecular weight excluding hydrogens is 332 g/mol. The Bertz CT molecular complexity index is 909. The highest BCUT2D eigenvalue weighted by Crippen LogP contribution is 2.34. The first-order chi connectivity index (χ1) is 12.3. The smallest absolute Gasteiger partial charge is 0.330 e. The molecular formula is C19H18N4O3. The summed E-state index contributed by atoms with van der Waals surface area (Å²) in [7, 11) is 0. The zero-order chi connectivity index (χ0) is 18.9. The number of carbonyl (C=O) groups excluding carboxylic acids is 2. The molecule has 1 saturated heterocycles. The molecule has 132 valence electrons. The van der Waals surface area contributed by atoms with Crippen LogP contribution in [0, 0.1) is 11.3 Å². The molecule has 0 aliphatic carbocycles. The van der Waals surface area contributed by atoms with Crippen molar-refractivity contribution in [2.45, 2.75) is 26.2 Å². The summed E-state index contributed by atoms with van der Waals surface area (Å²) in [5.74, 6) is 0.658. The lowest BCUT2D eigenvalue weighted by atomic mass is 9.85. The molecule has 2 heterocycles. The van der Waals surface area contributed by atoms with E-state index in [0.717, 1.165) is 10.5 Å². The number of ether oxygens (including phenoxy) is 1. The number of aromatic nitrogens is 1. The molecule has 0 unspecified atom stereocenters. The monoisotopic (exact) mass is 350 g/mol. The minimum atomic E-state index is -0.506. The van der Waals surface area contributed by atoms with E-state index in [-0.39, 0.29) is 29.6 Å². The highest BCUT2D eigenvalue weighted by molar-refractivity contribution is 6.19. The Morgan fingerprint density at radius 3 is 2.62 bits per heavy atom. The van der Waals surface area contributed by atoms with Crippen LogP contribution in [0.15, 0.2) is 36.4 Å². The molecule has 1 aliphatic rings. The first-order valence-corrected chi connectivity index (χ1v) is 8.10. The van der Waals surface area contributed by atoms with Crippen LogP contribution in [-0.4, -0.2) is 23.5 Å². The van der Waals surface area contributed by atoms with Crippen molar-refractivity contribution in [3.8, 4) is 17.7 Å². The van der Waals surface area contributed by atoms with Crippen molar-refractivity contribution in [2.24, 2.45) is 0 Å². The molecule has 0 spiro atoms. The van der Waals surface area contributed by atoms with Crippen LogP contribution in [-0.2, 0) is 10.2 Å². The molecule has 0 bridgehead atoms. The maximum Gasteiger partial charge on any atom is 0.330 e. The minimum Gasteiger partial charge on any atom is -0.439 e. The number of rotatable bonds is 3. The summed E-state index contributed by atoms with van der Waals surface area (Å²) in [6.07, 6.45) is 0. The minimum absolute atomic E-state index is 0.0462. The Hall–Kier alpha value is -3.40. The van der Waals surface area contributed by atoms with E-state index in [2.05, 4.69) is 16.4 Å². The van der Waals surface area contributed by atoms with Crippen molar-refractivity contribution >= 4 is 17.8 Å². The van der Waals surface area contributed by atoms with Gasteiger partial charge < -0.3 is 10.1 Å². The summed E-state index contributed by atoms with van der Waals surface area (Å²) in [5.41, 5.74) is 1.16. The quantitative estimate of drug-likeness (QED) is 0.858. The van der Waals surface area contributed by atoms with Gasteiger partial charge in [0.1, 0.15) is 11.6 Å². The predicted octanol–water partition coefficient (Wildman–Crippen LogP) is 3.10. The molecule has 7 nitrogen and oxygen atoms in total. The molecule has 1 aliphatic heterocycles. The number of nitrogens with zero attached hydrogens (tertiary/aromatic N) is 3. The summed E-state index contributed by atoms with van der Waals surface area (Å²) < 4.78 is 5.92. The largest absolute Gasteiger partial charge is 0.439 e. The van der Waals surface area contributed by atoms with E-state index in [9.17, 15) is 9.59 Å². The number of imide groups is 1. The number of pyridine rings is 1. The SMILES string of the molecule is CC(C)(C)c1cc(C#N)ccc1Oc1cccc(N2C(=O)CNC2=O)n1. The van der Waals surface area contributed by atoms with Crippen molar-refractivity contribution in [1.29, 1.82) is 5.26 Å². The van der Waals surface area contributed by atoms with Crippen LogP contribution in [0.5, 0.6) is 11.6 Å². The van der Waals surface area contributed by atoms with E-state index in [1.54, 1.807) is 36.4 Å². The van der Waals surface area contributed by atoms with Crippen molar-refractivity contribution < 1.29 is 14.3 Å². The lowest BCUT2D eigenvalue weighted by molar-refractivity contribution is -0.115. The van der Waals surface area contributed by atoms with Gasteiger partial charge in [-0.05, 0) is 29.7 Å². The third kappa shape index (κ3) is 3.35. The van der Waals surface area contributed by atoms with E-state index < -0.39 is 6.03 Å². The first-order valence-electron chi connectivity index (χ1n) is 8.10. The van der Waals surface area contributed by atoms with Gasteiger partial charge in [0.15, 0.2) is 0 Å². The van der Waals surface area contributed by atoms with E-state index >= 15 is 0 Å². The van der Waals surface area contributed by atoms with Crippen molar-refractivity contribution in [3.05, 3.63) is 47.5 Å². The number of hydrogen-bond donors (Lipinski definition) is 1. The van der Waals surface area contributed by atoms with E-state index in [0.29, 0.717) is 11.3 Å². The highest BCUT2D eigenvalue weighted by atomic mass is 16.5. The molecule has 1 aromatic carbocycles. The number of carbonyl (C=O) groups is 2. The number of urea groups is 1. The molecule has 3 rings (SSSR count). The zero-order valence-electron chi connectivity index (χ0n) is 14.7. The third-order valence-electron chi connectivity index (χ3n) is 3.91. The van der Waals surface area contributed by atoms with Gasteiger partial charge in [-0.15, -0.1) is 0 Å². The summed E-state index contributed by atoms with van der Waals surface area (Å²) in [4.78, 5) is 28.9. The van der Waals surface area contributed by atoms with Crippen molar-refractivity contribution in [1.82, 2.24) is 10.3 Å². The molecule has 26 heavy (non-hydrogen) atoms. The predicted molar refractivity (Wildman–Crippen MR) is 95.1 cm³/mol. The highest BCUT2D eigenvalue weighted by Gasteiger charge is 2.31. The molecule has 0 saturated carbocycles. The normalized spacial score (nSPS) is 14.2. The van der Waals surface area contributed by atoms with Gasteiger partial charge in [-0.3, -0.25) is 4.79 Å². The van der Waals surface area contributed by atoms with Crippen LogP contribution in [0.1, 0.15) is 31.9 Å². The molecule has 1 aromatic heterocycles. The number of amides is 3. The van der Waals surface area contributed by atoms with Crippen molar-refractivity contribution in [3.63, 3.8) is 0 Å². The summed E-state index contributed by atoms with van der Waals surface area (Å²) >= 11 is 0. The lowest BCUT2D eigenvalue weighted by Crippen LogP contribution is -2.31. The van der Waals surface area contributed by atoms with Crippen LogP contribution in [0.4, 0.5) is 10.6 Å². The fourth-order valence-electron chi connectivity index (χ4n) is 2.63. The molecule has 1 fully saturated rings. The second kappa shape index (κ2) is 6.48. The van der Waals surface area contributed by atoms with E-state index in [4.69, 9.17) is 10.00 Å². The number of nitrogens with one attached hydrogen (secondary N) is 1. The van der Waals surface area contributed by atoms with Crippen LogP contribution >= 0.6 is 0 Å². The first kappa shape index (κ1) is 17.4. The van der Waals surface area contributed by atoms with Gasteiger partial charge in [-0.1, -0.05) is 26.8 Å².